The average molecular weight is 1160 g/mol. The van der Waals surface area contributed by atoms with Crippen molar-refractivity contribution in [3.05, 3.63) is 142 Å². The van der Waals surface area contributed by atoms with Gasteiger partial charge in [-0.25, -0.2) is 0 Å². The quantitative estimate of drug-likeness (QED) is 0.133. The lowest BCUT2D eigenvalue weighted by molar-refractivity contribution is -0.124. The van der Waals surface area contributed by atoms with Gasteiger partial charge in [0.05, 0.1) is 65.4 Å². The second kappa shape index (κ2) is 22.5. The summed E-state index contributed by atoms with van der Waals surface area (Å²) in [7, 11) is 0. The first-order valence-corrected chi connectivity index (χ1v) is 26.9. The summed E-state index contributed by atoms with van der Waals surface area (Å²) in [5.41, 5.74) is 4.37. The lowest BCUT2D eigenvalue weighted by Gasteiger charge is -2.32. The maximum Gasteiger partial charge on any atom is 0.262 e. The van der Waals surface area contributed by atoms with Crippen molar-refractivity contribution in [2.75, 3.05) is 0 Å². The van der Waals surface area contributed by atoms with Crippen molar-refractivity contribution < 1.29 is 38.4 Å². The van der Waals surface area contributed by atoms with Crippen LogP contribution in [-0.4, -0.2) is 131 Å². The molecule has 0 bridgehead atoms. The van der Waals surface area contributed by atoms with Crippen molar-refractivity contribution in [3.8, 4) is 0 Å². The van der Waals surface area contributed by atoms with Gasteiger partial charge in [0.1, 0.15) is 32.0 Å². The van der Waals surface area contributed by atoms with Crippen LogP contribution in [0.3, 0.4) is 0 Å². The second-order valence-corrected chi connectivity index (χ2v) is 21.6. The molecule has 8 amide bonds. The van der Waals surface area contributed by atoms with Gasteiger partial charge in [-0.3, -0.25) is 58.0 Å². The highest BCUT2D eigenvalue weighted by atomic mass is 32.1. The minimum absolute atomic E-state index is 0.0671. The molecule has 4 N–H and O–H groups in total. The van der Waals surface area contributed by atoms with E-state index in [1.807, 2.05) is 24.3 Å². The molecule has 4 fully saturated rings. The number of benzene rings is 4. The van der Waals surface area contributed by atoms with Gasteiger partial charge in [-0.2, -0.15) is 0 Å². The Morgan fingerprint density at radius 2 is 0.526 bits per heavy atom. The average Bonchev–Trinajstić information content (AvgIpc) is 4.03. The molecular weight excluding hydrogens is 1120 g/mol. The molecule has 4 atom stereocenters. The van der Waals surface area contributed by atoms with E-state index in [2.05, 4.69) is 21.3 Å². The van der Waals surface area contributed by atoms with Crippen molar-refractivity contribution in [2.24, 2.45) is 0 Å². The lowest BCUT2D eigenvalue weighted by atomic mass is 10.1. The summed E-state index contributed by atoms with van der Waals surface area (Å²) in [6, 6.07) is 26.1. The van der Waals surface area contributed by atoms with Crippen LogP contribution in [0.5, 0.6) is 0 Å². The van der Waals surface area contributed by atoms with Crippen LogP contribution in [0.25, 0.3) is 0 Å². The molecule has 0 saturated carbocycles. The van der Waals surface area contributed by atoms with Crippen molar-refractivity contribution >= 4 is 185 Å². The third-order valence-electron chi connectivity index (χ3n) is 13.4. The smallest absolute Gasteiger partial charge is 0.262 e. The molecule has 12 rings (SSSR count). The van der Waals surface area contributed by atoms with E-state index in [0.29, 0.717) is 107 Å². The fourth-order valence-electron chi connectivity index (χ4n) is 9.68. The summed E-state index contributed by atoms with van der Waals surface area (Å²) in [5, 5.41) is 11.0. The van der Waals surface area contributed by atoms with E-state index in [4.69, 9.17) is 97.7 Å². The molecule has 8 heterocycles. The standard InChI is InChI=1S/C13H10N2O3S.2C13H10N2O2S2.C13H10N2OS3/c16-11-9(5-6-10(19)14-11)15-12(17)7-3-1-2-4-8(7)13(15)18;16-12-7-3-1-2-4-8(7)13(17)15(12)9-5-6-10(18)14-11(9)19;16-11-9(5-6-10(18)14-11)15-12(17)7-3-1-2-4-8(7)13(15)19;16-12-7-3-1-2-4-8(7)13(19)15(12)9-5-6-10(17)14-11(9)18/h1-4,9H,5-6H2,(H,14,16,19);1-4,9H,5-6H2,(H,14,18,19);1-4,9H,5-6H2,(H,14,16,18);1-4,9H,5-6H2,(H,14,17,18). The maximum absolute atomic E-state index is 12.5. The number of nitrogens with zero attached hydrogens (tertiary/aromatic N) is 4. The first-order valence-electron chi connectivity index (χ1n) is 23.6. The summed E-state index contributed by atoms with van der Waals surface area (Å²) >= 11 is 41.3. The molecule has 0 aliphatic carbocycles. The molecule has 0 aromatic heterocycles. The van der Waals surface area contributed by atoms with Gasteiger partial charge in [-0.15, -0.1) is 0 Å². The predicted molar refractivity (Wildman–Crippen MR) is 313 cm³/mol. The van der Waals surface area contributed by atoms with Crippen molar-refractivity contribution in [1.29, 1.82) is 0 Å². The van der Waals surface area contributed by atoms with Crippen LogP contribution in [0.1, 0.15) is 125 Å². The number of carbonyl (C=O) groups is 8. The fraction of sp³-hybridized carbons (Fsp3) is 0.231. The van der Waals surface area contributed by atoms with Gasteiger partial charge < -0.3 is 21.3 Å². The molecule has 8 aliphatic rings. The highest BCUT2D eigenvalue weighted by Gasteiger charge is 2.46. The Kier molecular flexibility index (Phi) is 16.0. The number of piperidine rings is 4. The second-order valence-electron chi connectivity index (χ2n) is 18.0. The largest absolute Gasteiger partial charge is 0.343 e. The Hall–Kier alpha value is -6.64. The van der Waals surface area contributed by atoms with Gasteiger partial charge >= 0.3 is 0 Å². The number of hydrogen-bond acceptors (Lipinski definition) is 16. The van der Waals surface area contributed by atoms with Gasteiger partial charge in [0, 0.05) is 36.8 Å². The number of hydrogen-bond donors (Lipinski definition) is 4. The summed E-state index contributed by atoms with van der Waals surface area (Å²) in [6.45, 7) is 0. The van der Waals surface area contributed by atoms with Gasteiger partial charge in [0.25, 0.3) is 35.4 Å². The van der Waals surface area contributed by atoms with Gasteiger partial charge in [0.15, 0.2) is 0 Å². The number of imide groups is 2. The highest BCUT2D eigenvalue weighted by Crippen LogP contribution is 2.32. The monoisotopic (exact) mass is 1160 g/mol. The van der Waals surface area contributed by atoms with E-state index < -0.39 is 29.9 Å². The lowest BCUT2D eigenvalue weighted by Crippen LogP contribution is -2.53. The first kappa shape index (κ1) is 54.2. The van der Waals surface area contributed by atoms with Gasteiger partial charge in [-0.05, 0) is 62.1 Å². The van der Waals surface area contributed by atoms with Crippen molar-refractivity contribution in [2.45, 2.75) is 75.5 Å². The van der Waals surface area contributed by atoms with Crippen LogP contribution < -0.4 is 21.3 Å². The molecule has 0 radical (unpaired) electrons. The number of rotatable bonds is 4. The molecule has 4 unspecified atom stereocenters. The van der Waals surface area contributed by atoms with Crippen LogP contribution in [-0.2, 0) is 9.59 Å². The third-order valence-corrected chi connectivity index (χ3v) is 16.2. The molecule has 16 nitrogen and oxygen atoms in total. The van der Waals surface area contributed by atoms with E-state index >= 15 is 0 Å². The van der Waals surface area contributed by atoms with Crippen LogP contribution >= 0.6 is 97.7 Å². The number of thiocarbonyl (C=S) groups is 8. The molecule has 4 saturated heterocycles. The van der Waals surface area contributed by atoms with Crippen LogP contribution in [0, 0.1) is 0 Å². The van der Waals surface area contributed by atoms with Crippen LogP contribution in [0.15, 0.2) is 97.1 Å². The number of nitrogens with one attached hydrogen (secondary N) is 4. The van der Waals surface area contributed by atoms with E-state index in [0.717, 1.165) is 33.9 Å². The molecule has 8 aliphatic heterocycles. The zero-order valence-corrected chi connectivity index (χ0v) is 46.1. The molecule has 76 heavy (non-hydrogen) atoms. The number of fused-ring (bicyclic) bond motifs is 4. The SMILES string of the molecule is O=C1NC(=S)CCC1N1C(=O)c2ccccc2C1=O.O=C1NC(=S)CCC1N1C(=O)c2ccccc2C1=S.O=C1c2ccccc2C(=O)N1C1CCC(=S)NC1=S.O=C1c2ccccc2C(=S)N1C1CCC(=S)NC1=S. The molecule has 0 spiro atoms. The fourth-order valence-corrected chi connectivity index (χ4v) is 12.2. The maximum atomic E-state index is 12.5. The Morgan fingerprint density at radius 3 is 0.829 bits per heavy atom. The van der Waals surface area contributed by atoms with Gasteiger partial charge in [0.2, 0.25) is 11.8 Å². The summed E-state index contributed by atoms with van der Waals surface area (Å²) in [4.78, 5) is 107. The zero-order valence-electron chi connectivity index (χ0n) is 39.5. The number of amides is 8. The topological polar surface area (TPSA) is 198 Å². The Bertz CT molecular complexity index is 2810. The third kappa shape index (κ3) is 10.3. The van der Waals surface area contributed by atoms with Crippen LogP contribution in [0.4, 0.5) is 0 Å². The zero-order chi connectivity index (χ0) is 54.3. The molecule has 24 heteroatoms. The van der Waals surface area contributed by atoms with E-state index in [1.165, 1.54) is 9.80 Å². The minimum atomic E-state index is -0.765. The Labute approximate surface area is 477 Å². The van der Waals surface area contributed by atoms with E-state index in [9.17, 15) is 38.4 Å². The molecule has 4 aromatic carbocycles. The summed E-state index contributed by atoms with van der Waals surface area (Å²) in [6.07, 6.45) is 4.67. The van der Waals surface area contributed by atoms with E-state index in [-0.39, 0.29) is 41.5 Å². The van der Waals surface area contributed by atoms with E-state index in [1.54, 1.807) is 77.7 Å². The minimum Gasteiger partial charge on any atom is -0.343 e. The normalized spacial score (nSPS) is 22.5. The summed E-state index contributed by atoms with van der Waals surface area (Å²) < 4.78 is 0. The Morgan fingerprint density at radius 1 is 0.303 bits per heavy atom. The van der Waals surface area contributed by atoms with Gasteiger partial charge in [-0.1, -0.05) is 158 Å². The summed E-state index contributed by atoms with van der Waals surface area (Å²) in [5.74, 6) is -2.27. The molecule has 384 valence electrons. The highest BCUT2D eigenvalue weighted by molar-refractivity contribution is 7.83. The van der Waals surface area contributed by atoms with Crippen LogP contribution in [0.2, 0.25) is 0 Å². The first-order chi connectivity index (χ1) is 36.4. The Balaban J connectivity index is 0.000000124. The van der Waals surface area contributed by atoms with Crippen molar-refractivity contribution in [3.63, 3.8) is 0 Å². The van der Waals surface area contributed by atoms with Crippen molar-refractivity contribution in [1.82, 2.24) is 40.9 Å². The number of carbonyl (C=O) groups excluding carboxylic acids is 8. The molecule has 4 aromatic rings. The molecular formula is C52H40N8O8S8. The predicted octanol–water partition coefficient (Wildman–Crippen LogP) is 6.23.